The van der Waals surface area contributed by atoms with Crippen molar-refractivity contribution in [1.82, 2.24) is 9.88 Å². The molecule has 1 N–H and O–H groups in total. The second kappa shape index (κ2) is 8.45. The molecule has 1 aromatic rings. The Morgan fingerprint density at radius 3 is 2.89 bits per heavy atom. The van der Waals surface area contributed by atoms with Crippen LogP contribution in [0.1, 0.15) is 32.1 Å². The molecule has 1 atom stereocenters. The van der Waals surface area contributed by atoms with Gasteiger partial charge in [0.15, 0.2) is 5.13 Å². The summed E-state index contributed by atoms with van der Waals surface area (Å²) in [5.41, 5.74) is 0. The van der Waals surface area contributed by atoms with E-state index in [0.29, 0.717) is 6.04 Å². The summed E-state index contributed by atoms with van der Waals surface area (Å²) in [6.07, 6.45) is 3.13. The van der Waals surface area contributed by atoms with Gasteiger partial charge < -0.3 is 10.1 Å². The number of nitrogens with zero attached hydrogens (tertiary/aromatic N) is 2. The van der Waals surface area contributed by atoms with Crippen molar-refractivity contribution in [3.05, 3.63) is 11.1 Å². The summed E-state index contributed by atoms with van der Waals surface area (Å²) >= 11 is 1.74. The Balaban J connectivity index is 2.57. The monoisotopic (exact) mass is 271 g/mol. The molecular formula is C13H25N3OS. The number of hydrogen-bond acceptors (Lipinski definition) is 5. The molecule has 18 heavy (non-hydrogen) atoms. The fourth-order valence-corrected chi connectivity index (χ4v) is 2.64. The highest BCUT2D eigenvalue weighted by Gasteiger charge is 2.13. The molecule has 4 nitrogen and oxygen atoms in total. The number of ether oxygens (including phenoxy) is 1. The Morgan fingerprint density at radius 1 is 1.50 bits per heavy atom. The molecule has 1 rings (SSSR count). The van der Waals surface area contributed by atoms with E-state index in [2.05, 4.69) is 36.0 Å². The SMILES string of the molecule is CCNc1ncc(CN(CCOC)C(C)CC)s1. The minimum atomic E-state index is 0.574. The van der Waals surface area contributed by atoms with Crippen LogP contribution in [0, 0.1) is 0 Å². The van der Waals surface area contributed by atoms with Gasteiger partial charge >= 0.3 is 0 Å². The maximum atomic E-state index is 5.18. The quantitative estimate of drug-likeness (QED) is 0.749. The van der Waals surface area contributed by atoms with E-state index < -0.39 is 0 Å². The molecule has 104 valence electrons. The largest absolute Gasteiger partial charge is 0.383 e. The number of nitrogens with one attached hydrogen (secondary N) is 1. The van der Waals surface area contributed by atoms with Gasteiger partial charge in [0.1, 0.15) is 0 Å². The summed E-state index contributed by atoms with van der Waals surface area (Å²) in [5.74, 6) is 0. The fraction of sp³-hybridized carbons (Fsp3) is 0.769. The molecule has 0 aliphatic heterocycles. The van der Waals surface area contributed by atoms with E-state index in [1.54, 1.807) is 18.4 Å². The zero-order valence-electron chi connectivity index (χ0n) is 11.9. The second-order valence-electron chi connectivity index (χ2n) is 4.38. The maximum Gasteiger partial charge on any atom is 0.182 e. The molecular weight excluding hydrogens is 246 g/mol. The first-order valence-corrected chi connectivity index (χ1v) is 7.44. The summed E-state index contributed by atoms with van der Waals surface area (Å²) in [4.78, 5) is 8.13. The highest BCUT2D eigenvalue weighted by Crippen LogP contribution is 2.20. The van der Waals surface area contributed by atoms with E-state index in [1.807, 2.05) is 6.20 Å². The van der Waals surface area contributed by atoms with Crippen molar-refractivity contribution in [2.75, 3.05) is 32.1 Å². The van der Waals surface area contributed by atoms with E-state index in [0.717, 1.165) is 37.8 Å². The lowest BCUT2D eigenvalue weighted by atomic mass is 10.2. The molecule has 0 aromatic carbocycles. The van der Waals surface area contributed by atoms with Gasteiger partial charge in [0, 0.05) is 43.9 Å². The number of aromatic nitrogens is 1. The van der Waals surface area contributed by atoms with Crippen molar-refractivity contribution in [1.29, 1.82) is 0 Å². The van der Waals surface area contributed by atoms with Crippen molar-refractivity contribution < 1.29 is 4.74 Å². The van der Waals surface area contributed by atoms with Gasteiger partial charge in [-0.3, -0.25) is 4.90 Å². The van der Waals surface area contributed by atoms with Crippen molar-refractivity contribution in [2.24, 2.45) is 0 Å². The molecule has 0 bridgehead atoms. The van der Waals surface area contributed by atoms with E-state index >= 15 is 0 Å². The Hall–Kier alpha value is -0.650. The summed E-state index contributed by atoms with van der Waals surface area (Å²) in [6, 6.07) is 0.574. The van der Waals surface area contributed by atoms with Crippen molar-refractivity contribution >= 4 is 16.5 Å². The number of anilines is 1. The maximum absolute atomic E-state index is 5.18. The Morgan fingerprint density at radius 2 is 2.28 bits per heavy atom. The average Bonchev–Trinajstić information content (AvgIpc) is 2.81. The van der Waals surface area contributed by atoms with Crippen LogP contribution in [-0.4, -0.2) is 42.7 Å². The van der Waals surface area contributed by atoms with Crippen LogP contribution in [0.4, 0.5) is 5.13 Å². The van der Waals surface area contributed by atoms with Gasteiger partial charge in [0.2, 0.25) is 0 Å². The third-order valence-electron chi connectivity index (χ3n) is 3.04. The molecule has 5 heteroatoms. The zero-order valence-corrected chi connectivity index (χ0v) is 12.7. The normalized spacial score (nSPS) is 12.9. The highest BCUT2D eigenvalue weighted by atomic mass is 32.1. The van der Waals surface area contributed by atoms with E-state index in [9.17, 15) is 0 Å². The fourth-order valence-electron chi connectivity index (χ4n) is 1.74. The van der Waals surface area contributed by atoms with Crippen LogP contribution in [0.2, 0.25) is 0 Å². The summed E-state index contributed by atoms with van der Waals surface area (Å²) in [7, 11) is 1.75. The zero-order chi connectivity index (χ0) is 13.4. The Kier molecular flexibility index (Phi) is 7.23. The molecule has 0 aliphatic carbocycles. The van der Waals surface area contributed by atoms with Gasteiger partial charge in [-0.1, -0.05) is 6.92 Å². The van der Waals surface area contributed by atoms with E-state index in [4.69, 9.17) is 4.74 Å². The first-order chi connectivity index (χ1) is 8.71. The molecule has 0 saturated heterocycles. The predicted molar refractivity (Wildman–Crippen MR) is 78.3 cm³/mol. The molecule has 0 radical (unpaired) electrons. The minimum Gasteiger partial charge on any atom is -0.383 e. The van der Waals surface area contributed by atoms with Gasteiger partial charge in [-0.15, -0.1) is 11.3 Å². The van der Waals surface area contributed by atoms with Crippen molar-refractivity contribution in [3.8, 4) is 0 Å². The van der Waals surface area contributed by atoms with E-state index in [1.165, 1.54) is 4.88 Å². The van der Waals surface area contributed by atoms with Crippen LogP contribution in [-0.2, 0) is 11.3 Å². The number of thiazole rings is 1. The van der Waals surface area contributed by atoms with Crippen LogP contribution in [0.5, 0.6) is 0 Å². The minimum absolute atomic E-state index is 0.574. The first kappa shape index (κ1) is 15.4. The topological polar surface area (TPSA) is 37.4 Å². The van der Waals surface area contributed by atoms with Crippen LogP contribution >= 0.6 is 11.3 Å². The molecule has 1 heterocycles. The predicted octanol–water partition coefficient (Wildman–Crippen LogP) is 2.82. The lowest BCUT2D eigenvalue weighted by Gasteiger charge is -2.27. The smallest absolute Gasteiger partial charge is 0.182 e. The lowest BCUT2D eigenvalue weighted by molar-refractivity contribution is 0.118. The highest BCUT2D eigenvalue weighted by molar-refractivity contribution is 7.15. The summed E-state index contributed by atoms with van der Waals surface area (Å²) in [6.45, 7) is 10.2. The van der Waals surface area contributed by atoms with Crippen LogP contribution < -0.4 is 5.32 Å². The van der Waals surface area contributed by atoms with Crippen LogP contribution in [0.25, 0.3) is 0 Å². The second-order valence-corrected chi connectivity index (χ2v) is 5.50. The van der Waals surface area contributed by atoms with Crippen LogP contribution in [0.15, 0.2) is 6.20 Å². The Bertz CT molecular complexity index is 330. The molecule has 0 aliphatic rings. The lowest BCUT2D eigenvalue weighted by Crippen LogP contribution is -2.34. The van der Waals surface area contributed by atoms with Gasteiger partial charge in [-0.2, -0.15) is 0 Å². The third-order valence-corrected chi connectivity index (χ3v) is 3.98. The Labute approximate surface area is 114 Å². The molecule has 0 fully saturated rings. The molecule has 1 unspecified atom stereocenters. The van der Waals surface area contributed by atoms with Crippen molar-refractivity contribution in [2.45, 2.75) is 39.8 Å². The molecule has 0 spiro atoms. The molecule has 0 saturated carbocycles. The van der Waals surface area contributed by atoms with Crippen LogP contribution in [0.3, 0.4) is 0 Å². The van der Waals surface area contributed by atoms with Gasteiger partial charge in [-0.05, 0) is 20.3 Å². The van der Waals surface area contributed by atoms with Crippen molar-refractivity contribution in [3.63, 3.8) is 0 Å². The van der Waals surface area contributed by atoms with Gasteiger partial charge in [0.25, 0.3) is 0 Å². The first-order valence-electron chi connectivity index (χ1n) is 6.62. The van der Waals surface area contributed by atoms with Gasteiger partial charge in [-0.25, -0.2) is 4.98 Å². The number of methoxy groups -OCH3 is 1. The molecule has 0 amide bonds. The summed E-state index contributed by atoms with van der Waals surface area (Å²) < 4.78 is 5.18. The number of hydrogen-bond donors (Lipinski definition) is 1. The average molecular weight is 271 g/mol. The third kappa shape index (κ3) is 4.92. The standard InChI is InChI=1S/C13H25N3OS/c1-5-11(3)16(7-8-17-4)10-12-9-15-13(18-12)14-6-2/h9,11H,5-8,10H2,1-4H3,(H,14,15). The molecule has 1 aromatic heterocycles. The summed E-state index contributed by atoms with van der Waals surface area (Å²) in [5, 5.41) is 4.27. The van der Waals surface area contributed by atoms with Gasteiger partial charge in [0.05, 0.1) is 6.61 Å². The van der Waals surface area contributed by atoms with E-state index in [-0.39, 0.29) is 0 Å². The number of rotatable bonds is 9.